The molecule has 0 fully saturated rings. The van der Waals surface area contributed by atoms with E-state index >= 15 is 0 Å². The zero-order valence-electron chi connectivity index (χ0n) is 22.3. The SMILES string of the molecule is CCC(C)OC(=O)C(C)(CCCCC(=O)CCCCC(C)(C(=O)O)c1ccccc1)c1ccccc1. The van der Waals surface area contributed by atoms with Crippen LogP contribution in [0.2, 0.25) is 0 Å². The molecule has 1 N–H and O–H groups in total. The summed E-state index contributed by atoms with van der Waals surface area (Å²) in [6, 6.07) is 19.0. The molecule has 0 aliphatic rings. The molecule has 0 aliphatic heterocycles. The summed E-state index contributed by atoms with van der Waals surface area (Å²) in [6.07, 6.45) is 5.49. The number of hydrogen-bond acceptors (Lipinski definition) is 4. The highest BCUT2D eigenvalue weighted by Crippen LogP contribution is 2.33. The van der Waals surface area contributed by atoms with Crippen LogP contribution >= 0.6 is 0 Å². The van der Waals surface area contributed by atoms with Gasteiger partial charge in [-0.05, 0) is 64.0 Å². The minimum Gasteiger partial charge on any atom is -0.481 e. The van der Waals surface area contributed by atoms with Gasteiger partial charge in [-0.25, -0.2) is 0 Å². The Kier molecular flexibility index (Phi) is 11.4. The zero-order chi connectivity index (χ0) is 26.6. The summed E-state index contributed by atoms with van der Waals surface area (Å²) in [5.74, 6) is -0.863. The highest BCUT2D eigenvalue weighted by molar-refractivity contribution is 5.83. The second-order valence-corrected chi connectivity index (χ2v) is 10.3. The number of ketones is 1. The van der Waals surface area contributed by atoms with Gasteiger partial charge in [0, 0.05) is 12.8 Å². The molecule has 2 aromatic carbocycles. The van der Waals surface area contributed by atoms with E-state index in [1.54, 1.807) is 6.92 Å². The largest absolute Gasteiger partial charge is 0.481 e. The molecule has 0 heterocycles. The maximum absolute atomic E-state index is 13.0. The summed E-state index contributed by atoms with van der Waals surface area (Å²) < 4.78 is 5.69. The number of hydrogen-bond donors (Lipinski definition) is 1. The summed E-state index contributed by atoms with van der Waals surface area (Å²) in [7, 11) is 0. The average Bonchev–Trinajstić information content (AvgIpc) is 2.89. The highest BCUT2D eigenvalue weighted by atomic mass is 16.5. The average molecular weight is 495 g/mol. The standard InChI is InChI=1S/C31H42O5/c1-5-24(2)36-29(35)31(4,26-18-10-7-11-19-26)23-15-13-21-27(32)20-12-14-22-30(3,28(33)34)25-16-8-6-9-17-25/h6-11,16-19,24H,5,12-15,20-23H2,1-4H3,(H,33,34). The van der Waals surface area contributed by atoms with Crippen LogP contribution in [0, 0.1) is 0 Å². The van der Waals surface area contributed by atoms with Crippen molar-refractivity contribution in [1.29, 1.82) is 0 Å². The van der Waals surface area contributed by atoms with Crippen molar-refractivity contribution in [3.8, 4) is 0 Å². The van der Waals surface area contributed by atoms with Crippen LogP contribution in [-0.2, 0) is 30.0 Å². The van der Waals surface area contributed by atoms with Gasteiger partial charge in [0.1, 0.15) is 5.78 Å². The van der Waals surface area contributed by atoms with Crippen molar-refractivity contribution < 1.29 is 24.2 Å². The molecule has 36 heavy (non-hydrogen) atoms. The fraction of sp³-hybridized carbons (Fsp3) is 0.516. The Morgan fingerprint density at radius 1 is 0.778 bits per heavy atom. The number of unbranched alkanes of at least 4 members (excludes halogenated alkanes) is 2. The third-order valence-electron chi connectivity index (χ3n) is 7.39. The van der Waals surface area contributed by atoms with Crippen molar-refractivity contribution >= 4 is 17.7 Å². The van der Waals surface area contributed by atoms with E-state index in [0.717, 1.165) is 24.0 Å². The molecule has 0 aliphatic carbocycles. The molecule has 0 saturated carbocycles. The fourth-order valence-electron chi connectivity index (χ4n) is 4.47. The van der Waals surface area contributed by atoms with E-state index in [1.807, 2.05) is 81.4 Å². The molecule has 2 rings (SSSR count). The number of carboxylic acid groups (broad SMARTS) is 1. The van der Waals surface area contributed by atoms with Gasteiger partial charge in [0.15, 0.2) is 0 Å². The van der Waals surface area contributed by atoms with Gasteiger partial charge in [0.2, 0.25) is 0 Å². The molecule has 196 valence electrons. The lowest BCUT2D eigenvalue weighted by Gasteiger charge is -2.29. The van der Waals surface area contributed by atoms with E-state index in [-0.39, 0.29) is 17.9 Å². The summed E-state index contributed by atoms with van der Waals surface area (Å²) in [5, 5.41) is 9.79. The number of aliphatic carboxylic acids is 1. The number of Topliss-reactive ketones (excluding diaryl/α,β-unsaturated/α-hetero) is 1. The first-order valence-electron chi connectivity index (χ1n) is 13.2. The van der Waals surface area contributed by atoms with Crippen molar-refractivity contribution in [2.75, 3.05) is 0 Å². The molecule has 0 aromatic heterocycles. The van der Waals surface area contributed by atoms with Crippen LogP contribution in [0.1, 0.15) is 96.6 Å². The van der Waals surface area contributed by atoms with E-state index in [1.165, 1.54) is 0 Å². The molecule has 0 radical (unpaired) electrons. The maximum atomic E-state index is 13.0. The monoisotopic (exact) mass is 494 g/mol. The number of ether oxygens (including phenoxy) is 1. The van der Waals surface area contributed by atoms with Crippen molar-refractivity contribution in [3.63, 3.8) is 0 Å². The van der Waals surface area contributed by atoms with Gasteiger partial charge in [0.05, 0.1) is 16.9 Å². The van der Waals surface area contributed by atoms with Gasteiger partial charge in [-0.15, -0.1) is 0 Å². The van der Waals surface area contributed by atoms with Crippen LogP contribution in [0.3, 0.4) is 0 Å². The number of carbonyl (C=O) groups excluding carboxylic acids is 2. The summed E-state index contributed by atoms with van der Waals surface area (Å²) in [5.41, 5.74) is 0.0319. The number of rotatable bonds is 16. The van der Waals surface area contributed by atoms with Crippen molar-refractivity contribution in [2.45, 2.75) is 102 Å². The van der Waals surface area contributed by atoms with Crippen LogP contribution in [0.4, 0.5) is 0 Å². The number of benzene rings is 2. The molecule has 0 amide bonds. The topological polar surface area (TPSA) is 80.7 Å². The first kappa shape index (κ1) is 29.3. The summed E-state index contributed by atoms with van der Waals surface area (Å²) in [6.45, 7) is 7.58. The van der Waals surface area contributed by atoms with Gasteiger partial charge >= 0.3 is 11.9 Å². The smallest absolute Gasteiger partial charge is 0.316 e. The van der Waals surface area contributed by atoms with Crippen molar-refractivity contribution in [2.24, 2.45) is 0 Å². The predicted molar refractivity (Wildman–Crippen MR) is 143 cm³/mol. The van der Waals surface area contributed by atoms with Gasteiger partial charge in [0.25, 0.3) is 0 Å². The third-order valence-corrected chi connectivity index (χ3v) is 7.39. The van der Waals surface area contributed by atoms with E-state index in [0.29, 0.717) is 44.9 Å². The minimum atomic E-state index is -0.948. The molecule has 3 atom stereocenters. The van der Waals surface area contributed by atoms with Crippen LogP contribution in [0.5, 0.6) is 0 Å². The van der Waals surface area contributed by atoms with Crippen molar-refractivity contribution in [3.05, 3.63) is 71.8 Å². The van der Waals surface area contributed by atoms with Gasteiger partial charge in [-0.1, -0.05) is 80.4 Å². The predicted octanol–water partition coefficient (Wildman–Crippen LogP) is 7.02. The van der Waals surface area contributed by atoms with E-state index in [9.17, 15) is 19.5 Å². The molecule has 3 unspecified atom stereocenters. The molecule has 2 aromatic rings. The molecule has 0 spiro atoms. The molecular weight excluding hydrogens is 452 g/mol. The first-order valence-corrected chi connectivity index (χ1v) is 13.2. The normalized spacial score (nSPS) is 15.3. The Morgan fingerprint density at radius 2 is 1.22 bits per heavy atom. The second kappa shape index (κ2) is 14.0. The first-order chi connectivity index (χ1) is 17.1. The Hall–Kier alpha value is -2.95. The third kappa shape index (κ3) is 8.04. The lowest BCUT2D eigenvalue weighted by atomic mass is 9.77. The lowest BCUT2D eigenvalue weighted by molar-refractivity contribution is -0.155. The summed E-state index contributed by atoms with van der Waals surface area (Å²) >= 11 is 0. The Labute approximate surface area is 216 Å². The van der Waals surface area contributed by atoms with E-state index in [2.05, 4.69) is 0 Å². The molecule has 0 saturated heterocycles. The maximum Gasteiger partial charge on any atom is 0.316 e. The minimum absolute atomic E-state index is 0.132. The molecular formula is C31H42O5. The van der Waals surface area contributed by atoms with Crippen LogP contribution in [0.25, 0.3) is 0 Å². The Bertz CT molecular complexity index is 971. The van der Waals surface area contributed by atoms with E-state index < -0.39 is 16.8 Å². The lowest BCUT2D eigenvalue weighted by Crippen LogP contribution is -2.36. The fourth-order valence-corrected chi connectivity index (χ4v) is 4.47. The Balaban J connectivity index is 1.82. The number of carboxylic acids is 1. The van der Waals surface area contributed by atoms with Crippen LogP contribution in [-0.4, -0.2) is 28.9 Å². The van der Waals surface area contributed by atoms with Crippen LogP contribution < -0.4 is 0 Å². The number of esters is 1. The molecule has 5 nitrogen and oxygen atoms in total. The highest BCUT2D eigenvalue weighted by Gasteiger charge is 2.37. The molecule has 0 bridgehead atoms. The van der Waals surface area contributed by atoms with Crippen molar-refractivity contribution in [1.82, 2.24) is 0 Å². The summed E-state index contributed by atoms with van der Waals surface area (Å²) in [4.78, 5) is 37.4. The number of carbonyl (C=O) groups is 3. The van der Waals surface area contributed by atoms with Crippen LogP contribution in [0.15, 0.2) is 60.7 Å². The van der Waals surface area contributed by atoms with Gasteiger partial charge in [-0.2, -0.15) is 0 Å². The van der Waals surface area contributed by atoms with E-state index in [4.69, 9.17) is 4.74 Å². The van der Waals surface area contributed by atoms with Gasteiger partial charge < -0.3 is 9.84 Å². The zero-order valence-corrected chi connectivity index (χ0v) is 22.3. The quantitative estimate of drug-likeness (QED) is 0.200. The Morgan fingerprint density at radius 3 is 1.67 bits per heavy atom. The molecule has 5 heteroatoms. The van der Waals surface area contributed by atoms with Gasteiger partial charge in [-0.3, -0.25) is 14.4 Å². The second-order valence-electron chi connectivity index (χ2n) is 10.3.